The van der Waals surface area contributed by atoms with Crippen molar-refractivity contribution >= 4 is 44.8 Å². The molecule has 0 saturated carbocycles. The van der Waals surface area contributed by atoms with Gasteiger partial charge in [0, 0.05) is 0 Å². The number of hydrogen-bond acceptors (Lipinski definition) is 6. The van der Waals surface area contributed by atoms with Crippen molar-refractivity contribution in [3.8, 4) is 17.2 Å². The Balaban J connectivity index is 1.30. The van der Waals surface area contributed by atoms with Crippen LogP contribution in [0.25, 0.3) is 10.8 Å². The molecule has 4 aromatic carbocycles. The highest BCUT2D eigenvalue weighted by Gasteiger charge is 2.20. The molecular weight excluding hydrogens is 560 g/mol. The number of nitrogens with zero attached hydrogens (tertiary/aromatic N) is 1. The number of esters is 1. The molecule has 0 fully saturated rings. The number of hydrogen-bond donors (Lipinski definition) is 1. The van der Waals surface area contributed by atoms with E-state index in [2.05, 4.69) is 26.5 Å². The third-order valence-electron chi connectivity index (χ3n) is 5.80. The number of rotatable bonds is 11. The molecule has 1 atom stereocenters. The minimum atomic E-state index is -0.714. The summed E-state index contributed by atoms with van der Waals surface area (Å²) in [7, 11) is 0. The third kappa shape index (κ3) is 7.45. The Bertz CT molecular complexity index is 1450. The highest BCUT2D eigenvalue weighted by atomic mass is 79.9. The van der Waals surface area contributed by atoms with Crippen LogP contribution in [0.15, 0.2) is 94.5 Å². The molecule has 200 valence electrons. The van der Waals surface area contributed by atoms with E-state index in [-0.39, 0.29) is 5.91 Å². The number of halogens is 1. The van der Waals surface area contributed by atoms with Gasteiger partial charge in [-0.3, -0.25) is 4.79 Å². The van der Waals surface area contributed by atoms with Crippen molar-refractivity contribution in [3.63, 3.8) is 0 Å². The predicted octanol–water partition coefficient (Wildman–Crippen LogP) is 6.92. The Kier molecular flexibility index (Phi) is 9.69. The van der Waals surface area contributed by atoms with Gasteiger partial charge < -0.3 is 14.2 Å². The molecule has 7 nitrogen and oxygen atoms in total. The van der Waals surface area contributed by atoms with E-state index < -0.39 is 12.1 Å². The molecular formula is C31H29BrN2O5. The van der Waals surface area contributed by atoms with Gasteiger partial charge in [-0.05, 0) is 99.7 Å². The minimum absolute atomic E-state index is 0.356. The van der Waals surface area contributed by atoms with Gasteiger partial charge in [0.25, 0.3) is 5.91 Å². The van der Waals surface area contributed by atoms with Gasteiger partial charge in [0.2, 0.25) is 0 Å². The van der Waals surface area contributed by atoms with Crippen molar-refractivity contribution in [2.45, 2.75) is 32.8 Å². The molecule has 0 heterocycles. The van der Waals surface area contributed by atoms with Gasteiger partial charge in [-0.25, -0.2) is 10.2 Å². The van der Waals surface area contributed by atoms with Gasteiger partial charge >= 0.3 is 5.97 Å². The number of carbonyl (C=O) groups is 2. The van der Waals surface area contributed by atoms with Crippen LogP contribution in [0.1, 0.15) is 42.6 Å². The molecule has 0 radical (unpaired) electrons. The summed E-state index contributed by atoms with van der Waals surface area (Å²) in [4.78, 5) is 25.1. The van der Waals surface area contributed by atoms with Gasteiger partial charge in [-0.15, -0.1) is 0 Å². The normalized spacial score (nSPS) is 11.8. The maximum absolute atomic E-state index is 12.7. The summed E-state index contributed by atoms with van der Waals surface area (Å²) in [5.41, 5.74) is 3.69. The lowest BCUT2D eigenvalue weighted by Crippen LogP contribution is -2.35. The van der Waals surface area contributed by atoms with Gasteiger partial charge in [0.15, 0.2) is 6.10 Å². The number of benzene rings is 4. The first-order valence-corrected chi connectivity index (χ1v) is 13.5. The molecule has 39 heavy (non-hydrogen) atoms. The fourth-order valence-corrected chi connectivity index (χ4v) is 4.30. The first kappa shape index (κ1) is 27.9. The van der Waals surface area contributed by atoms with Gasteiger partial charge in [0.1, 0.15) is 17.2 Å². The third-order valence-corrected chi connectivity index (χ3v) is 6.62. The number of ether oxygens (including phenoxy) is 3. The Labute approximate surface area is 235 Å². The van der Waals surface area contributed by atoms with E-state index in [1.807, 2.05) is 50.2 Å². The van der Waals surface area contributed by atoms with Gasteiger partial charge in [-0.2, -0.15) is 5.10 Å². The Morgan fingerprint density at radius 3 is 2.36 bits per heavy atom. The van der Waals surface area contributed by atoms with Crippen LogP contribution in [0.2, 0.25) is 0 Å². The second-order valence-corrected chi connectivity index (χ2v) is 9.47. The summed E-state index contributed by atoms with van der Waals surface area (Å²) in [6.07, 6.45) is 2.18. The van der Waals surface area contributed by atoms with Crippen molar-refractivity contribution in [3.05, 3.63) is 101 Å². The van der Waals surface area contributed by atoms with E-state index in [0.717, 1.165) is 27.2 Å². The van der Waals surface area contributed by atoms with Crippen molar-refractivity contribution < 1.29 is 23.8 Å². The van der Waals surface area contributed by atoms with Crippen LogP contribution < -0.4 is 19.6 Å². The molecule has 0 aliphatic rings. The molecule has 4 rings (SSSR count). The fourth-order valence-electron chi connectivity index (χ4n) is 3.72. The van der Waals surface area contributed by atoms with Crippen LogP contribution in [0.4, 0.5) is 0 Å². The van der Waals surface area contributed by atoms with Gasteiger partial charge in [-0.1, -0.05) is 44.2 Å². The summed E-state index contributed by atoms with van der Waals surface area (Å²) < 4.78 is 17.8. The summed E-state index contributed by atoms with van der Waals surface area (Å²) in [5.74, 6) is 0.876. The average Bonchev–Trinajstić information content (AvgIpc) is 2.97. The number of amides is 1. The van der Waals surface area contributed by atoms with Crippen LogP contribution in [0, 0.1) is 0 Å². The van der Waals surface area contributed by atoms with E-state index in [0.29, 0.717) is 35.8 Å². The van der Waals surface area contributed by atoms with Crippen LogP contribution in [0.5, 0.6) is 17.2 Å². The molecule has 1 amide bonds. The van der Waals surface area contributed by atoms with Crippen LogP contribution in [0.3, 0.4) is 0 Å². The molecule has 0 aliphatic heterocycles. The highest BCUT2D eigenvalue weighted by molar-refractivity contribution is 9.10. The number of carbonyl (C=O) groups excluding carboxylic acids is 2. The Morgan fingerprint density at radius 1 is 0.923 bits per heavy atom. The van der Waals surface area contributed by atoms with Gasteiger partial charge in [0.05, 0.1) is 22.9 Å². The maximum atomic E-state index is 12.7. The molecule has 0 unspecified atom stereocenters. The van der Waals surface area contributed by atoms with Crippen molar-refractivity contribution in [1.82, 2.24) is 5.43 Å². The molecule has 0 bridgehead atoms. The summed E-state index contributed by atoms with van der Waals surface area (Å²) in [5, 5.41) is 6.14. The zero-order valence-corrected chi connectivity index (χ0v) is 23.3. The fraction of sp³-hybridized carbons (Fsp3) is 0.194. The van der Waals surface area contributed by atoms with Crippen LogP contribution in [-0.4, -0.2) is 30.8 Å². The average molecular weight is 589 g/mol. The Hall–Kier alpha value is -4.17. The topological polar surface area (TPSA) is 86.2 Å². The highest BCUT2D eigenvalue weighted by Crippen LogP contribution is 2.33. The zero-order valence-electron chi connectivity index (χ0n) is 21.7. The molecule has 0 aliphatic carbocycles. The first-order chi connectivity index (χ1) is 19.0. The lowest BCUT2D eigenvalue weighted by molar-refractivity contribution is -0.128. The SMILES string of the molecule is CCCOc1ccc(C(=O)Oc2ccc(/C=N\NC(=O)[C@@H](CC)Oc3ccc4ccccc4c3Br)cc2)cc1. The zero-order chi connectivity index (χ0) is 27.6. The molecule has 0 saturated heterocycles. The van der Waals surface area contributed by atoms with E-state index >= 15 is 0 Å². The quantitative estimate of drug-likeness (QED) is 0.0889. The van der Waals surface area contributed by atoms with E-state index in [9.17, 15) is 9.59 Å². The second-order valence-electron chi connectivity index (χ2n) is 8.68. The lowest BCUT2D eigenvalue weighted by atomic mass is 10.1. The van der Waals surface area contributed by atoms with E-state index in [1.54, 1.807) is 48.5 Å². The summed E-state index contributed by atoms with van der Waals surface area (Å²) in [6.45, 7) is 4.53. The molecule has 4 aromatic rings. The van der Waals surface area contributed by atoms with E-state index in [1.165, 1.54) is 6.21 Å². The standard InChI is InChI=1S/C31H29BrN2O5/c1-3-19-37-24-16-11-23(12-17-24)31(36)38-25-14-9-21(10-15-25)20-33-34-30(35)27(4-2)39-28-18-13-22-7-5-6-8-26(22)29(28)32/h5-18,20,27H,3-4,19H2,1-2H3,(H,34,35)/b33-20-/t27-/m1/s1. The molecule has 0 spiro atoms. The molecule has 8 heteroatoms. The number of fused-ring (bicyclic) bond motifs is 1. The van der Waals surface area contributed by atoms with Crippen LogP contribution >= 0.6 is 15.9 Å². The Morgan fingerprint density at radius 2 is 1.64 bits per heavy atom. The summed E-state index contributed by atoms with van der Waals surface area (Å²) in [6, 6.07) is 25.4. The first-order valence-electron chi connectivity index (χ1n) is 12.7. The molecule has 1 N–H and O–H groups in total. The summed E-state index contributed by atoms with van der Waals surface area (Å²) >= 11 is 3.59. The molecule has 0 aromatic heterocycles. The largest absolute Gasteiger partial charge is 0.494 e. The predicted molar refractivity (Wildman–Crippen MR) is 156 cm³/mol. The monoisotopic (exact) mass is 588 g/mol. The smallest absolute Gasteiger partial charge is 0.343 e. The van der Waals surface area contributed by atoms with Crippen molar-refractivity contribution in [1.29, 1.82) is 0 Å². The lowest BCUT2D eigenvalue weighted by Gasteiger charge is -2.17. The second kappa shape index (κ2) is 13.6. The van der Waals surface area contributed by atoms with Crippen molar-refractivity contribution in [2.24, 2.45) is 5.10 Å². The van der Waals surface area contributed by atoms with E-state index in [4.69, 9.17) is 14.2 Å². The number of hydrazone groups is 1. The number of nitrogens with one attached hydrogen (secondary N) is 1. The van der Waals surface area contributed by atoms with Crippen LogP contribution in [-0.2, 0) is 4.79 Å². The van der Waals surface area contributed by atoms with Crippen molar-refractivity contribution in [2.75, 3.05) is 6.61 Å². The minimum Gasteiger partial charge on any atom is -0.494 e. The maximum Gasteiger partial charge on any atom is 0.343 e.